The van der Waals surface area contributed by atoms with Gasteiger partial charge in [0.25, 0.3) is 0 Å². The van der Waals surface area contributed by atoms with Gasteiger partial charge < -0.3 is 0 Å². The highest BCUT2D eigenvalue weighted by molar-refractivity contribution is 8.00. The lowest BCUT2D eigenvalue weighted by atomic mass is 10.5. The number of thiophene rings is 1. The number of hydrogen-bond donors (Lipinski definition) is 0. The van der Waals surface area contributed by atoms with E-state index in [4.69, 9.17) is 0 Å². The van der Waals surface area contributed by atoms with E-state index in [-0.39, 0.29) is 5.75 Å². The normalized spacial score (nSPS) is 12.1. The van der Waals surface area contributed by atoms with Gasteiger partial charge in [-0.1, -0.05) is 0 Å². The Balaban J connectivity index is 2.12. The third-order valence-corrected chi connectivity index (χ3v) is 5.14. The molecular formula is C9H10N2O2S3. The molecule has 0 bridgehead atoms. The Hall–Kier alpha value is -0.660. The first kappa shape index (κ1) is 11.8. The zero-order valence-corrected chi connectivity index (χ0v) is 11.0. The highest BCUT2D eigenvalue weighted by Crippen LogP contribution is 2.28. The van der Waals surface area contributed by atoms with Gasteiger partial charge in [0.1, 0.15) is 21.2 Å². The van der Waals surface area contributed by atoms with Crippen LogP contribution < -0.4 is 0 Å². The van der Waals surface area contributed by atoms with Crippen molar-refractivity contribution in [1.82, 2.24) is 9.97 Å². The van der Waals surface area contributed by atoms with Crippen molar-refractivity contribution in [3.8, 4) is 0 Å². The lowest BCUT2D eigenvalue weighted by molar-refractivity contribution is 0.603. The van der Waals surface area contributed by atoms with Crippen molar-refractivity contribution >= 4 is 43.2 Å². The first-order chi connectivity index (χ1) is 7.56. The van der Waals surface area contributed by atoms with E-state index in [1.807, 2.05) is 11.4 Å². The number of nitrogens with zero attached hydrogens (tertiary/aromatic N) is 2. The van der Waals surface area contributed by atoms with Crippen LogP contribution in [0.2, 0.25) is 0 Å². The summed E-state index contributed by atoms with van der Waals surface area (Å²) in [5.41, 5.74) is 0.918. The predicted molar refractivity (Wildman–Crippen MR) is 67.8 cm³/mol. The minimum Gasteiger partial charge on any atom is -0.235 e. The fraction of sp³-hybridized carbons (Fsp3) is 0.333. The quantitative estimate of drug-likeness (QED) is 0.629. The Morgan fingerprint density at radius 3 is 3.00 bits per heavy atom. The number of aromatic nitrogens is 2. The molecule has 0 aromatic carbocycles. The van der Waals surface area contributed by atoms with Gasteiger partial charge in [-0.25, -0.2) is 18.4 Å². The van der Waals surface area contributed by atoms with Gasteiger partial charge in [0.2, 0.25) is 0 Å². The fourth-order valence-corrected chi connectivity index (χ4v) is 4.30. The Labute approximate surface area is 102 Å². The van der Waals surface area contributed by atoms with E-state index in [0.29, 0.717) is 5.75 Å². The van der Waals surface area contributed by atoms with Crippen LogP contribution in [0, 0.1) is 0 Å². The highest BCUT2D eigenvalue weighted by atomic mass is 32.2. The minimum absolute atomic E-state index is 0.175. The van der Waals surface area contributed by atoms with E-state index < -0.39 is 9.84 Å². The summed E-state index contributed by atoms with van der Waals surface area (Å²) >= 11 is 3.04. The molecule has 0 aliphatic rings. The van der Waals surface area contributed by atoms with E-state index in [2.05, 4.69) is 9.97 Å². The van der Waals surface area contributed by atoms with Gasteiger partial charge in [-0.05, 0) is 11.4 Å². The van der Waals surface area contributed by atoms with Gasteiger partial charge in [0, 0.05) is 12.0 Å². The maximum absolute atomic E-state index is 11.0. The SMILES string of the molecule is CS(=O)(=O)CCSc1ncnc2ccsc12. The summed E-state index contributed by atoms with van der Waals surface area (Å²) in [5, 5.41) is 2.82. The lowest BCUT2D eigenvalue weighted by Gasteiger charge is -2.00. The third kappa shape index (κ3) is 2.93. The monoisotopic (exact) mass is 274 g/mol. The molecule has 0 radical (unpaired) electrons. The second-order valence-corrected chi connectivity index (χ2v) is 7.55. The molecule has 2 aromatic heterocycles. The van der Waals surface area contributed by atoms with Gasteiger partial charge in [-0.2, -0.15) is 0 Å². The van der Waals surface area contributed by atoms with Gasteiger partial charge in [0.05, 0.1) is 16.0 Å². The Morgan fingerprint density at radius 2 is 2.25 bits per heavy atom. The molecule has 0 atom stereocenters. The molecule has 0 N–H and O–H groups in total. The van der Waals surface area contributed by atoms with Crippen molar-refractivity contribution in [3.05, 3.63) is 17.8 Å². The number of sulfone groups is 1. The Bertz CT molecular complexity index is 592. The fourth-order valence-electron chi connectivity index (χ4n) is 1.16. The van der Waals surface area contributed by atoms with Crippen LogP contribution in [-0.4, -0.2) is 36.1 Å². The molecule has 0 amide bonds. The molecule has 86 valence electrons. The van der Waals surface area contributed by atoms with Gasteiger partial charge >= 0.3 is 0 Å². The van der Waals surface area contributed by atoms with E-state index in [1.54, 1.807) is 11.3 Å². The number of hydrogen-bond acceptors (Lipinski definition) is 6. The number of fused-ring (bicyclic) bond motifs is 1. The van der Waals surface area contributed by atoms with Crippen LogP contribution in [0.5, 0.6) is 0 Å². The highest BCUT2D eigenvalue weighted by Gasteiger charge is 2.07. The molecule has 16 heavy (non-hydrogen) atoms. The van der Waals surface area contributed by atoms with Crippen LogP contribution in [0.1, 0.15) is 0 Å². The molecule has 0 spiro atoms. The topological polar surface area (TPSA) is 59.9 Å². The molecule has 0 aliphatic heterocycles. The molecule has 0 aliphatic carbocycles. The van der Waals surface area contributed by atoms with E-state index >= 15 is 0 Å². The Kier molecular flexibility index (Phi) is 3.46. The molecular weight excluding hydrogens is 264 g/mol. The Morgan fingerprint density at radius 1 is 1.44 bits per heavy atom. The summed E-state index contributed by atoms with van der Waals surface area (Å²) in [4.78, 5) is 8.29. The lowest BCUT2D eigenvalue weighted by Crippen LogP contribution is -2.05. The summed E-state index contributed by atoms with van der Waals surface area (Å²) in [5.74, 6) is 0.706. The maximum atomic E-state index is 11.0. The van der Waals surface area contributed by atoms with Crippen molar-refractivity contribution < 1.29 is 8.42 Å². The summed E-state index contributed by atoms with van der Waals surface area (Å²) in [6.45, 7) is 0. The average molecular weight is 274 g/mol. The second kappa shape index (κ2) is 4.68. The van der Waals surface area contributed by atoms with Crippen molar-refractivity contribution in [3.63, 3.8) is 0 Å². The molecule has 7 heteroatoms. The number of rotatable bonds is 4. The third-order valence-electron chi connectivity index (χ3n) is 1.90. The van der Waals surface area contributed by atoms with Gasteiger partial charge in [-0.3, -0.25) is 0 Å². The van der Waals surface area contributed by atoms with Crippen LogP contribution in [0.4, 0.5) is 0 Å². The van der Waals surface area contributed by atoms with Crippen molar-refractivity contribution in [2.24, 2.45) is 0 Å². The molecule has 2 rings (SSSR count). The first-order valence-corrected chi connectivity index (χ1v) is 8.47. The van der Waals surface area contributed by atoms with Crippen LogP contribution in [0.3, 0.4) is 0 Å². The van der Waals surface area contributed by atoms with E-state index in [9.17, 15) is 8.42 Å². The standard InChI is InChI=1S/C9H10N2O2S3/c1-16(12,13)5-4-15-9-8-7(2-3-14-8)10-6-11-9/h2-3,6H,4-5H2,1H3. The zero-order valence-electron chi connectivity index (χ0n) is 8.58. The zero-order chi connectivity index (χ0) is 11.6. The molecule has 0 unspecified atom stereocenters. The smallest absolute Gasteiger partial charge is 0.148 e. The summed E-state index contributed by atoms with van der Waals surface area (Å²) in [6, 6.07) is 1.93. The van der Waals surface area contributed by atoms with E-state index in [1.165, 1.54) is 24.3 Å². The van der Waals surface area contributed by atoms with Crippen LogP contribution in [-0.2, 0) is 9.84 Å². The minimum atomic E-state index is -2.90. The molecule has 0 saturated heterocycles. The predicted octanol–water partition coefficient (Wildman–Crippen LogP) is 1.83. The van der Waals surface area contributed by atoms with Crippen molar-refractivity contribution in [2.75, 3.05) is 17.8 Å². The summed E-state index contributed by atoms with van der Waals surface area (Å²) in [7, 11) is -2.90. The van der Waals surface area contributed by atoms with Gasteiger partial charge in [-0.15, -0.1) is 23.1 Å². The average Bonchev–Trinajstić information content (AvgIpc) is 2.64. The summed E-state index contributed by atoms with van der Waals surface area (Å²) < 4.78 is 23.0. The first-order valence-electron chi connectivity index (χ1n) is 4.55. The molecule has 4 nitrogen and oxygen atoms in total. The molecule has 0 saturated carbocycles. The van der Waals surface area contributed by atoms with Crippen LogP contribution in [0.25, 0.3) is 10.2 Å². The maximum Gasteiger partial charge on any atom is 0.148 e. The second-order valence-electron chi connectivity index (χ2n) is 3.29. The number of thioether (sulfide) groups is 1. The van der Waals surface area contributed by atoms with Crippen LogP contribution in [0.15, 0.2) is 22.8 Å². The van der Waals surface area contributed by atoms with E-state index in [0.717, 1.165) is 15.2 Å². The van der Waals surface area contributed by atoms with Crippen LogP contribution >= 0.6 is 23.1 Å². The largest absolute Gasteiger partial charge is 0.235 e. The summed E-state index contributed by atoms with van der Waals surface area (Å²) in [6.07, 6.45) is 2.76. The molecule has 2 aromatic rings. The molecule has 2 heterocycles. The van der Waals surface area contributed by atoms with Gasteiger partial charge in [0.15, 0.2) is 0 Å². The molecule has 0 fully saturated rings. The van der Waals surface area contributed by atoms with Crippen molar-refractivity contribution in [1.29, 1.82) is 0 Å². The van der Waals surface area contributed by atoms with Crippen molar-refractivity contribution in [2.45, 2.75) is 5.03 Å².